The molecule has 8 heteroatoms. The molecule has 28 heavy (non-hydrogen) atoms. The van der Waals surface area contributed by atoms with Crippen LogP contribution in [0.25, 0.3) is 10.9 Å². The molecule has 0 saturated heterocycles. The van der Waals surface area contributed by atoms with E-state index in [0.29, 0.717) is 34.8 Å². The van der Waals surface area contributed by atoms with Gasteiger partial charge in [0, 0.05) is 12.3 Å². The number of sulfonamides is 1. The van der Waals surface area contributed by atoms with Gasteiger partial charge in [0.05, 0.1) is 15.8 Å². The van der Waals surface area contributed by atoms with Crippen LogP contribution in [0.5, 0.6) is 0 Å². The van der Waals surface area contributed by atoms with E-state index in [0.717, 1.165) is 11.1 Å². The Labute approximate surface area is 168 Å². The third-order valence-corrected chi connectivity index (χ3v) is 6.29. The molecule has 0 amide bonds. The smallest absolute Gasteiger partial charge is 0.262 e. The fourth-order valence-electron chi connectivity index (χ4n) is 2.73. The van der Waals surface area contributed by atoms with Gasteiger partial charge in [-0.1, -0.05) is 48.2 Å². The molecule has 0 radical (unpaired) electrons. The number of thioether (sulfide) groups is 1. The van der Waals surface area contributed by atoms with E-state index < -0.39 is 10.0 Å². The average molecular weight is 416 g/mol. The second kappa shape index (κ2) is 8.30. The summed E-state index contributed by atoms with van der Waals surface area (Å²) in [5.74, 6) is 0.674. The molecule has 2 aromatic carbocycles. The highest BCUT2D eigenvalue weighted by atomic mass is 32.2. The van der Waals surface area contributed by atoms with Gasteiger partial charge in [-0.15, -0.1) is 0 Å². The Kier molecular flexibility index (Phi) is 6.02. The Hall–Kier alpha value is -2.42. The number of hydrogen-bond acceptors (Lipinski definition) is 5. The first-order valence-electron chi connectivity index (χ1n) is 8.64. The van der Waals surface area contributed by atoms with Gasteiger partial charge >= 0.3 is 0 Å². The molecule has 6 nitrogen and oxygen atoms in total. The lowest BCUT2D eigenvalue weighted by Gasteiger charge is -2.13. The number of rotatable bonds is 7. The molecule has 0 aliphatic heterocycles. The number of aryl methyl sites for hydroxylation is 1. The zero-order chi connectivity index (χ0) is 20.3. The number of primary sulfonamides is 1. The average Bonchev–Trinajstić information content (AvgIpc) is 2.65. The van der Waals surface area contributed by atoms with Gasteiger partial charge in [-0.3, -0.25) is 9.36 Å². The van der Waals surface area contributed by atoms with Crippen molar-refractivity contribution in [3.63, 3.8) is 0 Å². The summed E-state index contributed by atoms with van der Waals surface area (Å²) < 4.78 is 24.4. The van der Waals surface area contributed by atoms with E-state index in [-0.39, 0.29) is 10.5 Å². The quantitative estimate of drug-likeness (QED) is 0.364. The topological polar surface area (TPSA) is 95.0 Å². The number of benzene rings is 2. The molecule has 0 atom stereocenters. The minimum absolute atomic E-state index is 0.0680. The first-order chi connectivity index (χ1) is 13.3. The van der Waals surface area contributed by atoms with Crippen molar-refractivity contribution in [2.24, 2.45) is 5.14 Å². The van der Waals surface area contributed by atoms with E-state index in [9.17, 15) is 13.2 Å². The molecule has 2 N–H and O–H groups in total. The van der Waals surface area contributed by atoms with Gasteiger partial charge < -0.3 is 0 Å². The Morgan fingerprint density at radius 1 is 1.18 bits per heavy atom. The molecule has 0 saturated carbocycles. The molecular formula is C20H21N3O3S2. The van der Waals surface area contributed by atoms with E-state index in [1.54, 1.807) is 22.8 Å². The van der Waals surface area contributed by atoms with Crippen LogP contribution in [-0.4, -0.2) is 23.7 Å². The SMILES string of the molecule is C=C(C)CSc1nc2ccccc2c(=O)n1CCc1ccc(S(N)(=O)=O)cc1. The number of nitrogens with two attached hydrogens (primary N) is 1. The van der Waals surface area contributed by atoms with Crippen LogP contribution >= 0.6 is 11.8 Å². The molecule has 146 valence electrons. The Balaban J connectivity index is 1.92. The van der Waals surface area contributed by atoms with E-state index in [1.165, 1.54) is 23.9 Å². The molecule has 0 aliphatic carbocycles. The summed E-state index contributed by atoms with van der Waals surface area (Å²) in [5, 5.41) is 6.35. The molecule has 3 aromatic rings. The van der Waals surface area contributed by atoms with Gasteiger partial charge in [-0.05, 0) is 43.2 Å². The minimum atomic E-state index is -3.72. The Morgan fingerprint density at radius 2 is 1.86 bits per heavy atom. The molecule has 1 aromatic heterocycles. The van der Waals surface area contributed by atoms with Crippen molar-refractivity contribution in [3.8, 4) is 0 Å². The summed E-state index contributed by atoms with van der Waals surface area (Å²) >= 11 is 1.48. The van der Waals surface area contributed by atoms with Crippen LogP contribution in [0.4, 0.5) is 0 Å². The van der Waals surface area contributed by atoms with Crippen molar-refractivity contribution in [2.75, 3.05) is 5.75 Å². The lowest BCUT2D eigenvalue weighted by Crippen LogP contribution is -2.24. The van der Waals surface area contributed by atoms with Gasteiger partial charge in [0.2, 0.25) is 10.0 Å². The fraction of sp³-hybridized carbons (Fsp3) is 0.200. The number of hydrogen-bond donors (Lipinski definition) is 1. The Bertz CT molecular complexity index is 1180. The maximum atomic E-state index is 13.0. The number of para-hydroxylation sites is 1. The van der Waals surface area contributed by atoms with E-state index in [2.05, 4.69) is 11.6 Å². The minimum Gasteiger partial charge on any atom is -0.287 e. The van der Waals surface area contributed by atoms with Gasteiger partial charge in [0.15, 0.2) is 5.16 Å². The summed E-state index contributed by atoms with van der Waals surface area (Å²) in [6.45, 7) is 6.28. The summed E-state index contributed by atoms with van der Waals surface area (Å²) in [6, 6.07) is 13.7. The largest absolute Gasteiger partial charge is 0.287 e. The molecule has 3 rings (SSSR count). The molecule has 0 bridgehead atoms. The van der Waals surface area contributed by atoms with Crippen molar-refractivity contribution < 1.29 is 8.42 Å². The second-order valence-corrected chi connectivity index (χ2v) is 9.06. The predicted octanol–water partition coefficient (Wildman–Crippen LogP) is 2.95. The van der Waals surface area contributed by atoms with Crippen LogP contribution in [0.15, 0.2) is 75.5 Å². The van der Waals surface area contributed by atoms with Crippen molar-refractivity contribution in [2.45, 2.75) is 29.9 Å². The summed E-state index contributed by atoms with van der Waals surface area (Å²) in [4.78, 5) is 17.7. The van der Waals surface area contributed by atoms with Crippen LogP contribution < -0.4 is 10.7 Å². The standard InChI is InChI=1S/C20H21N3O3S2/c1-14(2)13-27-20-22-18-6-4-3-5-17(18)19(24)23(20)12-11-15-7-9-16(10-8-15)28(21,25)26/h3-10H,1,11-13H2,2H3,(H2,21,25,26). The molecule has 1 heterocycles. The van der Waals surface area contributed by atoms with Gasteiger partial charge in [-0.25, -0.2) is 18.5 Å². The molecule has 0 spiro atoms. The van der Waals surface area contributed by atoms with Crippen molar-refractivity contribution in [1.82, 2.24) is 9.55 Å². The normalized spacial score (nSPS) is 11.6. The van der Waals surface area contributed by atoms with Crippen LogP contribution in [0.1, 0.15) is 12.5 Å². The zero-order valence-electron chi connectivity index (χ0n) is 15.5. The van der Waals surface area contributed by atoms with Crippen LogP contribution in [0.2, 0.25) is 0 Å². The third-order valence-electron chi connectivity index (χ3n) is 4.15. The number of fused-ring (bicyclic) bond motifs is 1. The highest BCUT2D eigenvalue weighted by molar-refractivity contribution is 7.99. The second-order valence-electron chi connectivity index (χ2n) is 6.55. The van der Waals surface area contributed by atoms with E-state index in [4.69, 9.17) is 5.14 Å². The lowest BCUT2D eigenvalue weighted by molar-refractivity contribution is 0.594. The number of nitrogens with zero attached hydrogens (tertiary/aromatic N) is 2. The van der Waals surface area contributed by atoms with E-state index in [1.807, 2.05) is 25.1 Å². The third kappa shape index (κ3) is 4.70. The fourth-order valence-corrected chi connectivity index (χ4v) is 4.11. The lowest BCUT2D eigenvalue weighted by atomic mass is 10.1. The summed E-state index contributed by atoms with van der Waals surface area (Å²) in [7, 11) is -3.72. The molecule has 0 aliphatic rings. The highest BCUT2D eigenvalue weighted by Gasteiger charge is 2.12. The van der Waals surface area contributed by atoms with Crippen LogP contribution in [-0.2, 0) is 23.0 Å². The zero-order valence-corrected chi connectivity index (χ0v) is 17.1. The maximum absolute atomic E-state index is 13.0. The summed E-state index contributed by atoms with van der Waals surface area (Å²) in [5.41, 5.74) is 2.49. The van der Waals surface area contributed by atoms with Gasteiger partial charge in [-0.2, -0.15) is 0 Å². The maximum Gasteiger partial charge on any atom is 0.262 e. The predicted molar refractivity (Wildman–Crippen MR) is 113 cm³/mol. The van der Waals surface area contributed by atoms with Gasteiger partial charge in [0.25, 0.3) is 5.56 Å². The number of aromatic nitrogens is 2. The summed E-state index contributed by atoms with van der Waals surface area (Å²) in [6.07, 6.45) is 0.561. The molecule has 0 fully saturated rings. The first-order valence-corrected chi connectivity index (χ1v) is 11.2. The van der Waals surface area contributed by atoms with Gasteiger partial charge in [0.1, 0.15) is 0 Å². The molecule has 0 unspecified atom stereocenters. The Morgan fingerprint density at radius 3 is 2.50 bits per heavy atom. The van der Waals surface area contributed by atoms with Crippen LogP contribution in [0.3, 0.4) is 0 Å². The van der Waals surface area contributed by atoms with E-state index >= 15 is 0 Å². The van der Waals surface area contributed by atoms with Crippen molar-refractivity contribution >= 4 is 32.7 Å². The highest BCUT2D eigenvalue weighted by Crippen LogP contribution is 2.20. The first kappa shape index (κ1) is 20.3. The van der Waals surface area contributed by atoms with Crippen molar-refractivity contribution in [1.29, 1.82) is 0 Å². The van der Waals surface area contributed by atoms with Crippen molar-refractivity contribution in [3.05, 3.63) is 76.6 Å². The monoisotopic (exact) mass is 415 g/mol. The van der Waals surface area contributed by atoms with Crippen LogP contribution in [0, 0.1) is 0 Å². The molecular weight excluding hydrogens is 394 g/mol.